The molecule has 26 heavy (non-hydrogen) atoms. The van der Waals surface area contributed by atoms with Crippen LogP contribution in [0.5, 0.6) is 5.75 Å². The summed E-state index contributed by atoms with van der Waals surface area (Å²) < 4.78 is 43.0. The molecule has 5 nitrogen and oxygen atoms in total. The second-order valence-corrected chi connectivity index (χ2v) is 5.35. The number of rotatable bonds is 6. The predicted molar refractivity (Wildman–Crippen MR) is 88.3 cm³/mol. The zero-order chi connectivity index (χ0) is 19.2. The van der Waals surface area contributed by atoms with E-state index in [2.05, 4.69) is 5.16 Å². The molecule has 0 aliphatic heterocycles. The van der Waals surface area contributed by atoms with Gasteiger partial charge in [0.25, 0.3) is 0 Å². The third kappa shape index (κ3) is 5.23. The maximum Gasteiger partial charge on any atom is 0.416 e. The lowest BCUT2D eigenvalue weighted by Gasteiger charge is -2.06. The van der Waals surface area contributed by atoms with Gasteiger partial charge in [-0.2, -0.15) is 13.2 Å². The van der Waals surface area contributed by atoms with E-state index in [0.29, 0.717) is 12.4 Å². The summed E-state index contributed by atoms with van der Waals surface area (Å²) in [6.45, 7) is 2.55. The van der Waals surface area contributed by atoms with Crippen LogP contribution < -0.4 is 15.6 Å². The molecule has 138 valence electrons. The summed E-state index contributed by atoms with van der Waals surface area (Å²) in [5.41, 5.74) is 5.42. The van der Waals surface area contributed by atoms with E-state index >= 15 is 0 Å². The van der Waals surface area contributed by atoms with E-state index in [4.69, 9.17) is 15.3 Å². The number of ether oxygens (including phenoxy) is 1. The summed E-state index contributed by atoms with van der Waals surface area (Å²) in [5, 5.41) is 2.24. The Balaban J connectivity index is 2.00. The molecule has 2 aromatic carbocycles. The van der Waals surface area contributed by atoms with Crippen molar-refractivity contribution in [3.8, 4) is 5.75 Å². The van der Waals surface area contributed by atoms with Gasteiger partial charge in [-0.25, -0.2) is 4.79 Å². The van der Waals surface area contributed by atoms with E-state index in [1.165, 1.54) is 24.3 Å². The normalized spacial score (nSPS) is 11.9. The van der Waals surface area contributed by atoms with Crippen molar-refractivity contribution >= 4 is 11.8 Å². The first-order chi connectivity index (χ1) is 12.3. The van der Waals surface area contributed by atoms with Crippen molar-refractivity contribution in [3.63, 3.8) is 0 Å². The molecular formula is C18H18F3N2O3+. The van der Waals surface area contributed by atoms with Crippen molar-refractivity contribution in [2.24, 2.45) is 5.73 Å². The van der Waals surface area contributed by atoms with Gasteiger partial charge in [-0.1, -0.05) is 12.1 Å². The summed E-state index contributed by atoms with van der Waals surface area (Å²) in [4.78, 5) is 16.8. The van der Waals surface area contributed by atoms with Gasteiger partial charge in [0.05, 0.1) is 23.3 Å². The lowest BCUT2D eigenvalue weighted by atomic mass is 10.1. The van der Waals surface area contributed by atoms with Crippen LogP contribution in [0.4, 0.5) is 13.2 Å². The standard InChI is InChI=1S/C18H17F3N2O3/c1-2-11-25-15-9-5-13(6-10-15)17(24)26-23-16(22)12-3-7-14(8-4-12)18(19,20)21/h3-10H,2,11H2,1H3,(H2,22,23)/p+1. The number of carbonyl (C=O) groups excluding carboxylic acids is 1. The van der Waals surface area contributed by atoms with Crippen LogP contribution in [0.25, 0.3) is 0 Å². The summed E-state index contributed by atoms with van der Waals surface area (Å²) >= 11 is 0. The van der Waals surface area contributed by atoms with Crippen LogP contribution in [0.15, 0.2) is 48.5 Å². The third-order valence-corrected chi connectivity index (χ3v) is 3.34. The monoisotopic (exact) mass is 367 g/mol. The van der Waals surface area contributed by atoms with Gasteiger partial charge in [-0.15, -0.1) is 0 Å². The van der Waals surface area contributed by atoms with Crippen molar-refractivity contribution in [2.75, 3.05) is 6.61 Å². The number of carbonyl (C=O) groups is 1. The molecule has 0 radical (unpaired) electrons. The molecule has 0 aromatic heterocycles. The Morgan fingerprint density at radius 3 is 2.15 bits per heavy atom. The van der Waals surface area contributed by atoms with Crippen molar-refractivity contribution in [3.05, 3.63) is 65.2 Å². The van der Waals surface area contributed by atoms with Crippen LogP contribution >= 0.6 is 0 Å². The minimum Gasteiger partial charge on any atom is -0.494 e. The van der Waals surface area contributed by atoms with E-state index in [9.17, 15) is 18.0 Å². The van der Waals surface area contributed by atoms with Crippen molar-refractivity contribution in [2.45, 2.75) is 19.5 Å². The van der Waals surface area contributed by atoms with E-state index in [1.807, 2.05) is 6.92 Å². The van der Waals surface area contributed by atoms with Gasteiger partial charge in [-0.05, 0) is 55.0 Å². The fraction of sp³-hybridized carbons (Fsp3) is 0.222. The summed E-state index contributed by atoms with van der Waals surface area (Å²) in [5.74, 6) is -0.149. The number of amidine groups is 1. The Morgan fingerprint density at radius 2 is 1.62 bits per heavy atom. The van der Waals surface area contributed by atoms with Crippen molar-refractivity contribution < 1.29 is 32.7 Å². The Bertz CT molecular complexity index is 770. The summed E-state index contributed by atoms with van der Waals surface area (Å²) in [6.07, 6.45) is -3.56. The first-order valence-electron chi connectivity index (χ1n) is 7.81. The van der Waals surface area contributed by atoms with Gasteiger partial charge < -0.3 is 4.74 Å². The number of nitrogen functional groups attached to an aromatic ring is 1. The highest BCUT2D eigenvalue weighted by Crippen LogP contribution is 2.28. The number of nitrogens with one attached hydrogen (secondary N) is 1. The quantitative estimate of drug-likeness (QED) is 0.355. The van der Waals surface area contributed by atoms with Gasteiger partial charge in [0.15, 0.2) is 0 Å². The third-order valence-electron chi connectivity index (χ3n) is 3.34. The smallest absolute Gasteiger partial charge is 0.416 e. The van der Waals surface area contributed by atoms with Gasteiger partial charge in [-0.3, -0.25) is 10.6 Å². The average Bonchev–Trinajstić information content (AvgIpc) is 2.64. The van der Waals surface area contributed by atoms with Crippen molar-refractivity contribution in [1.29, 1.82) is 0 Å². The molecule has 0 fully saturated rings. The highest BCUT2D eigenvalue weighted by Gasteiger charge is 2.30. The largest absolute Gasteiger partial charge is 0.494 e. The van der Waals surface area contributed by atoms with E-state index in [1.54, 1.807) is 12.1 Å². The molecule has 0 bridgehead atoms. The highest BCUT2D eigenvalue weighted by molar-refractivity contribution is 5.93. The van der Waals surface area contributed by atoms with Crippen LogP contribution in [0.1, 0.15) is 34.8 Å². The van der Waals surface area contributed by atoms with Gasteiger partial charge in [0.2, 0.25) is 0 Å². The average molecular weight is 367 g/mol. The lowest BCUT2D eigenvalue weighted by Crippen LogP contribution is -2.75. The molecule has 2 aromatic rings. The second kappa shape index (κ2) is 8.37. The SMILES string of the molecule is CCCOc1ccc(C(=O)O[NH+]=C(N)c2ccc(C(F)(F)F)cc2)cc1. The minimum absolute atomic E-state index is 0.0880. The molecule has 0 atom stereocenters. The molecule has 3 N–H and O–H groups in total. The summed E-state index contributed by atoms with van der Waals surface area (Å²) in [6, 6.07) is 10.5. The molecule has 0 aliphatic rings. The molecule has 0 aliphatic carbocycles. The molecule has 0 saturated carbocycles. The number of halogens is 3. The van der Waals surface area contributed by atoms with Gasteiger partial charge in [0.1, 0.15) is 5.75 Å². The topological polar surface area (TPSA) is 75.5 Å². The molecule has 8 heteroatoms. The Hall–Kier alpha value is -3.03. The Morgan fingerprint density at radius 1 is 1.04 bits per heavy atom. The minimum atomic E-state index is -4.43. The van der Waals surface area contributed by atoms with Crippen LogP contribution in [0.2, 0.25) is 0 Å². The number of benzene rings is 2. The molecular weight excluding hydrogens is 349 g/mol. The number of hydrogen-bond acceptors (Lipinski definition) is 3. The zero-order valence-electron chi connectivity index (χ0n) is 14.0. The fourth-order valence-corrected chi connectivity index (χ4v) is 1.97. The first kappa shape index (κ1) is 19.3. The molecule has 0 heterocycles. The molecule has 2 rings (SSSR count). The molecule has 0 saturated heterocycles. The predicted octanol–water partition coefficient (Wildman–Crippen LogP) is 2.05. The van der Waals surface area contributed by atoms with E-state index in [0.717, 1.165) is 18.6 Å². The number of nitrogens with two attached hydrogens (primary N) is 1. The Kier molecular flexibility index (Phi) is 6.21. The van der Waals surface area contributed by atoms with Crippen LogP contribution in [0, 0.1) is 0 Å². The molecule has 0 unspecified atom stereocenters. The molecule has 0 amide bonds. The maximum absolute atomic E-state index is 12.5. The van der Waals surface area contributed by atoms with E-state index in [-0.39, 0.29) is 17.0 Å². The zero-order valence-corrected chi connectivity index (χ0v) is 14.0. The second-order valence-electron chi connectivity index (χ2n) is 5.35. The maximum atomic E-state index is 12.5. The van der Waals surface area contributed by atoms with Crippen LogP contribution in [-0.2, 0) is 11.0 Å². The Labute approximate surface area is 148 Å². The van der Waals surface area contributed by atoms with Gasteiger partial charge >= 0.3 is 18.0 Å². The van der Waals surface area contributed by atoms with Crippen molar-refractivity contribution in [1.82, 2.24) is 0 Å². The van der Waals surface area contributed by atoms with Crippen LogP contribution in [0.3, 0.4) is 0 Å². The number of hydrogen-bond donors (Lipinski definition) is 2. The lowest BCUT2D eigenvalue weighted by molar-refractivity contribution is -0.721. The van der Waals surface area contributed by atoms with E-state index < -0.39 is 17.7 Å². The highest BCUT2D eigenvalue weighted by atomic mass is 19.4. The molecule has 0 spiro atoms. The van der Waals surface area contributed by atoms with Crippen LogP contribution in [-0.4, -0.2) is 18.4 Å². The first-order valence-corrected chi connectivity index (χ1v) is 7.81. The fourth-order valence-electron chi connectivity index (χ4n) is 1.97. The number of alkyl halides is 3. The van der Waals surface area contributed by atoms with Gasteiger partial charge in [0, 0.05) is 0 Å². The summed E-state index contributed by atoms with van der Waals surface area (Å²) in [7, 11) is 0.